The van der Waals surface area contributed by atoms with Crippen LogP contribution in [0.1, 0.15) is 30.0 Å². The van der Waals surface area contributed by atoms with E-state index >= 15 is 0 Å². The van der Waals surface area contributed by atoms with E-state index in [0.29, 0.717) is 0 Å². The van der Waals surface area contributed by atoms with Gasteiger partial charge in [0, 0.05) is 0 Å². The molecule has 0 atom stereocenters. The van der Waals surface area contributed by atoms with Gasteiger partial charge in [-0.3, -0.25) is 0 Å². The van der Waals surface area contributed by atoms with Crippen molar-refractivity contribution in [2.24, 2.45) is 0 Å². The van der Waals surface area contributed by atoms with Gasteiger partial charge in [-0.05, 0) is 31.4 Å². The summed E-state index contributed by atoms with van der Waals surface area (Å²) in [7, 11) is 0. The summed E-state index contributed by atoms with van der Waals surface area (Å²) >= 11 is 0. The van der Waals surface area contributed by atoms with Crippen molar-refractivity contribution in [1.29, 1.82) is 0 Å². The monoisotopic (exact) mass is 238 g/mol. The van der Waals surface area contributed by atoms with Crippen LogP contribution in [0.15, 0.2) is 61.2 Å². The first-order valence-corrected chi connectivity index (χ1v) is 6.40. The Morgan fingerprint density at radius 1 is 0.833 bits per heavy atom. The molecule has 0 aliphatic carbocycles. The van der Waals surface area contributed by atoms with Gasteiger partial charge >= 0.3 is 0 Å². The highest BCUT2D eigenvalue weighted by Crippen LogP contribution is 2.13. The van der Waals surface area contributed by atoms with Gasteiger partial charge in [0.2, 0.25) is 0 Å². The minimum absolute atomic E-state index is 1.03. The van der Waals surface area contributed by atoms with E-state index in [-0.39, 0.29) is 0 Å². The molecular weight excluding hydrogens is 216 g/mol. The zero-order valence-electron chi connectivity index (χ0n) is 11.6. The van der Waals surface area contributed by atoms with Crippen LogP contribution >= 0.6 is 0 Å². The van der Waals surface area contributed by atoms with Crippen molar-refractivity contribution in [2.75, 3.05) is 0 Å². The van der Waals surface area contributed by atoms with E-state index in [0.717, 1.165) is 6.42 Å². The molecule has 2 aromatic carbocycles. The summed E-state index contributed by atoms with van der Waals surface area (Å²) in [6.07, 6.45) is 1.03. The highest BCUT2D eigenvalue weighted by molar-refractivity contribution is 5.62. The van der Waals surface area contributed by atoms with Crippen LogP contribution in [0.4, 0.5) is 0 Å². The van der Waals surface area contributed by atoms with E-state index in [1.165, 1.54) is 22.3 Å². The Hall–Kier alpha value is -1.82. The maximum atomic E-state index is 3.94. The van der Waals surface area contributed by atoms with Gasteiger partial charge in [0.15, 0.2) is 0 Å². The third kappa shape index (κ3) is 5.01. The van der Waals surface area contributed by atoms with E-state index in [1.54, 1.807) is 0 Å². The van der Waals surface area contributed by atoms with E-state index in [1.807, 2.05) is 18.2 Å². The molecule has 0 nitrogen and oxygen atoms in total. The third-order valence-corrected chi connectivity index (χ3v) is 2.83. The second-order valence-corrected chi connectivity index (χ2v) is 4.48. The predicted molar refractivity (Wildman–Crippen MR) is 81.7 cm³/mol. The molecule has 0 heteroatoms. The Bertz CT molecular complexity index is 442. The molecule has 0 radical (unpaired) electrons. The quantitative estimate of drug-likeness (QED) is 0.656. The molecule has 2 rings (SSSR count). The van der Waals surface area contributed by atoms with Crippen LogP contribution in [0.2, 0.25) is 0 Å². The van der Waals surface area contributed by atoms with Crippen LogP contribution in [0, 0.1) is 13.8 Å². The SMILES string of the molecule is C=C(CC)c1ccccc1.Cc1ccc(C)cc1. The van der Waals surface area contributed by atoms with Gasteiger partial charge in [0.05, 0.1) is 0 Å². The molecule has 0 unspecified atom stereocenters. The molecule has 18 heavy (non-hydrogen) atoms. The van der Waals surface area contributed by atoms with Gasteiger partial charge in [0.25, 0.3) is 0 Å². The largest absolute Gasteiger partial charge is 0.0952 e. The molecule has 0 aliphatic rings. The molecule has 0 amide bonds. The second kappa shape index (κ2) is 7.50. The van der Waals surface area contributed by atoms with Crippen LogP contribution < -0.4 is 0 Å². The molecule has 0 fully saturated rings. The summed E-state index contributed by atoms with van der Waals surface area (Å²) in [6, 6.07) is 18.8. The zero-order valence-corrected chi connectivity index (χ0v) is 11.6. The number of aryl methyl sites for hydroxylation is 2. The van der Waals surface area contributed by atoms with Gasteiger partial charge < -0.3 is 0 Å². The predicted octanol–water partition coefficient (Wildman–Crippen LogP) is 5.41. The molecule has 94 valence electrons. The topological polar surface area (TPSA) is 0 Å². The zero-order chi connectivity index (χ0) is 13.4. The Labute approximate surface area is 111 Å². The fourth-order valence-electron chi connectivity index (χ4n) is 1.51. The normalized spacial score (nSPS) is 9.28. The Morgan fingerprint density at radius 2 is 1.28 bits per heavy atom. The lowest BCUT2D eigenvalue weighted by Gasteiger charge is -1.99. The summed E-state index contributed by atoms with van der Waals surface area (Å²) in [5, 5.41) is 0. The van der Waals surface area contributed by atoms with Gasteiger partial charge in [-0.25, -0.2) is 0 Å². The molecule has 0 N–H and O–H groups in total. The Kier molecular flexibility index (Phi) is 5.93. The molecule has 0 heterocycles. The highest BCUT2D eigenvalue weighted by atomic mass is 14.0. The lowest BCUT2D eigenvalue weighted by Crippen LogP contribution is -1.77. The van der Waals surface area contributed by atoms with Crippen molar-refractivity contribution in [1.82, 2.24) is 0 Å². The number of hydrogen-bond acceptors (Lipinski definition) is 0. The minimum atomic E-state index is 1.03. The molecule has 0 bridgehead atoms. The van der Waals surface area contributed by atoms with Crippen molar-refractivity contribution in [3.63, 3.8) is 0 Å². The molecular formula is C18H22. The summed E-state index contributed by atoms with van der Waals surface area (Å²) in [5.74, 6) is 0. The molecule has 0 saturated carbocycles. The highest BCUT2D eigenvalue weighted by Gasteiger charge is 1.91. The minimum Gasteiger partial charge on any atom is -0.0952 e. The van der Waals surface area contributed by atoms with Crippen molar-refractivity contribution in [3.8, 4) is 0 Å². The maximum absolute atomic E-state index is 3.94. The van der Waals surface area contributed by atoms with Gasteiger partial charge in [-0.15, -0.1) is 0 Å². The molecule has 0 aromatic heterocycles. The first-order chi connectivity index (χ1) is 8.63. The average Bonchev–Trinajstić information content (AvgIpc) is 2.43. The first-order valence-electron chi connectivity index (χ1n) is 6.40. The molecule has 0 spiro atoms. The van der Waals surface area contributed by atoms with E-state index < -0.39 is 0 Å². The number of benzene rings is 2. The van der Waals surface area contributed by atoms with Crippen molar-refractivity contribution in [2.45, 2.75) is 27.2 Å². The summed E-state index contributed by atoms with van der Waals surface area (Å²) in [5.41, 5.74) is 5.12. The summed E-state index contributed by atoms with van der Waals surface area (Å²) in [4.78, 5) is 0. The van der Waals surface area contributed by atoms with Crippen LogP contribution in [0.25, 0.3) is 5.57 Å². The van der Waals surface area contributed by atoms with Gasteiger partial charge in [-0.2, -0.15) is 0 Å². The summed E-state index contributed by atoms with van der Waals surface area (Å²) in [6.45, 7) is 10.3. The molecule has 2 aromatic rings. The number of hydrogen-bond donors (Lipinski definition) is 0. The van der Waals surface area contributed by atoms with Crippen LogP contribution in [-0.4, -0.2) is 0 Å². The van der Waals surface area contributed by atoms with Crippen molar-refractivity contribution >= 4 is 5.57 Å². The lowest BCUT2D eigenvalue weighted by molar-refractivity contribution is 1.24. The van der Waals surface area contributed by atoms with Crippen molar-refractivity contribution < 1.29 is 0 Å². The van der Waals surface area contributed by atoms with Gasteiger partial charge in [-0.1, -0.05) is 79.2 Å². The van der Waals surface area contributed by atoms with Gasteiger partial charge in [0.1, 0.15) is 0 Å². The number of allylic oxidation sites excluding steroid dienone is 1. The average molecular weight is 238 g/mol. The van der Waals surface area contributed by atoms with E-state index in [4.69, 9.17) is 0 Å². The number of rotatable bonds is 2. The lowest BCUT2D eigenvalue weighted by atomic mass is 10.1. The first kappa shape index (κ1) is 14.2. The Balaban J connectivity index is 0.000000184. The van der Waals surface area contributed by atoms with E-state index in [9.17, 15) is 0 Å². The Morgan fingerprint density at radius 3 is 1.67 bits per heavy atom. The fourth-order valence-corrected chi connectivity index (χ4v) is 1.51. The van der Waals surface area contributed by atoms with Crippen LogP contribution in [0.3, 0.4) is 0 Å². The van der Waals surface area contributed by atoms with Crippen LogP contribution in [0.5, 0.6) is 0 Å². The van der Waals surface area contributed by atoms with E-state index in [2.05, 4.69) is 63.7 Å². The fraction of sp³-hybridized carbons (Fsp3) is 0.222. The molecule has 0 saturated heterocycles. The van der Waals surface area contributed by atoms with Crippen LogP contribution in [-0.2, 0) is 0 Å². The standard InChI is InChI=1S/C10H12.C8H10/c1-3-9(2)10-7-5-4-6-8-10;1-7-3-5-8(2)6-4-7/h4-8H,2-3H2,1H3;3-6H,1-2H3. The molecule has 0 aliphatic heterocycles. The third-order valence-electron chi connectivity index (χ3n) is 2.83. The summed E-state index contributed by atoms with van der Waals surface area (Å²) < 4.78 is 0. The second-order valence-electron chi connectivity index (χ2n) is 4.48. The maximum Gasteiger partial charge on any atom is -0.0231 e. The van der Waals surface area contributed by atoms with Crippen molar-refractivity contribution in [3.05, 3.63) is 77.9 Å². The smallest absolute Gasteiger partial charge is 0.0231 e.